The van der Waals surface area contributed by atoms with Gasteiger partial charge in [0.2, 0.25) is 0 Å². The van der Waals surface area contributed by atoms with Gasteiger partial charge in [-0.05, 0) is 42.8 Å². The maximum absolute atomic E-state index is 12.7. The highest BCUT2D eigenvalue weighted by molar-refractivity contribution is 6.31. The number of amides is 1. The van der Waals surface area contributed by atoms with Crippen LogP contribution in [-0.4, -0.2) is 10.5 Å². The van der Waals surface area contributed by atoms with Gasteiger partial charge in [-0.1, -0.05) is 35.3 Å². The topological polar surface area (TPSA) is 57.8 Å². The molecule has 1 unspecified atom stereocenters. The van der Waals surface area contributed by atoms with E-state index >= 15 is 0 Å². The predicted octanol–water partition coefficient (Wildman–Crippen LogP) is 4.85. The van der Waals surface area contributed by atoms with E-state index in [1.807, 2.05) is 42.8 Å². The van der Waals surface area contributed by atoms with Gasteiger partial charge >= 0.3 is 0 Å². The number of aryl methyl sites for hydroxylation is 1. The predicted molar refractivity (Wildman–Crippen MR) is 100.0 cm³/mol. The Kier molecular flexibility index (Phi) is 4.71. The fraction of sp³-hybridized carbons (Fsp3) is 0.158. The molecule has 6 heteroatoms. The van der Waals surface area contributed by atoms with E-state index in [1.54, 1.807) is 24.3 Å². The van der Waals surface area contributed by atoms with Crippen LogP contribution in [0.15, 0.2) is 42.5 Å². The summed E-state index contributed by atoms with van der Waals surface area (Å²) in [6.45, 7) is 1.85. The van der Waals surface area contributed by atoms with Crippen molar-refractivity contribution in [2.24, 2.45) is 7.05 Å². The zero-order chi connectivity index (χ0) is 18.1. The number of hydrogen-bond donors (Lipinski definition) is 1. The molecule has 126 valence electrons. The Bertz CT molecular complexity index is 1020. The van der Waals surface area contributed by atoms with Gasteiger partial charge in [-0.25, -0.2) is 0 Å². The van der Waals surface area contributed by atoms with E-state index < -0.39 is 0 Å². The van der Waals surface area contributed by atoms with Gasteiger partial charge < -0.3 is 9.88 Å². The van der Waals surface area contributed by atoms with Crippen molar-refractivity contribution in [3.63, 3.8) is 0 Å². The highest BCUT2D eigenvalue weighted by Crippen LogP contribution is 2.26. The molecule has 3 aromatic rings. The Morgan fingerprint density at radius 2 is 1.96 bits per heavy atom. The SMILES string of the molecule is CC(NC(=O)c1cc2ccc(Cl)cc2n1C)c1ccc(C#N)cc1Cl. The van der Waals surface area contributed by atoms with E-state index in [0.29, 0.717) is 21.3 Å². The second-order valence-corrected chi connectivity index (χ2v) is 6.68. The lowest BCUT2D eigenvalue weighted by atomic mass is 10.1. The molecule has 1 aromatic heterocycles. The highest BCUT2D eigenvalue weighted by Gasteiger charge is 2.18. The van der Waals surface area contributed by atoms with Crippen molar-refractivity contribution in [2.75, 3.05) is 0 Å². The summed E-state index contributed by atoms with van der Waals surface area (Å²) in [6.07, 6.45) is 0. The molecule has 0 aliphatic carbocycles. The molecule has 0 spiro atoms. The van der Waals surface area contributed by atoms with E-state index in [9.17, 15) is 4.79 Å². The molecule has 1 heterocycles. The van der Waals surface area contributed by atoms with Gasteiger partial charge in [0.05, 0.1) is 17.7 Å². The van der Waals surface area contributed by atoms with E-state index in [0.717, 1.165) is 16.5 Å². The van der Waals surface area contributed by atoms with Crippen molar-refractivity contribution in [1.82, 2.24) is 9.88 Å². The molecule has 4 nitrogen and oxygen atoms in total. The second-order valence-electron chi connectivity index (χ2n) is 5.83. The molecular formula is C19H15Cl2N3O. The molecule has 3 rings (SSSR count). The molecule has 0 aliphatic heterocycles. The molecule has 1 atom stereocenters. The first-order valence-corrected chi connectivity index (χ1v) is 8.41. The smallest absolute Gasteiger partial charge is 0.268 e. The van der Waals surface area contributed by atoms with Crippen LogP contribution in [-0.2, 0) is 7.05 Å². The van der Waals surface area contributed by atoms with Gasteiger partial charge in [0, 0.05) is 28.0 Å². The normalized spacial score (nSPS) is 12.0. The number of hydrogen-bond acceptors (Lipinski definition) is 2. The first-order valence-electron chi connectivity index (χ1n) is 7.66. The van der Waals surface area contributed by atoms with Gasteiger partial charge in [0.25, 0.3) is 5.91 Å². The Hall–Kier alpha value is -2.48. The Morgan fingerprint density at radius 1 is 1.20 bits per heavy atom. The maximum atomic E-state index is 12.7. The third kappa shape index (κ3) is 3.34. The Balaban J connectivity index is 1.87. The number of aromatic nitrogens is 1. The third-order valence-corrected chi connectivity index (χ3v) is 4.75. The zero-order valence-electron chi connectivity index (χ0n) is 13.7. The van der Waals surface area contributed by atoms with E-state index in [1.165, 1.54) is 0 Å². The van der Waals surface area contributed by atoms with Crippen molar-refractivity contribution >= 4 is 40.0 Å². The summed E-state index contributed by atoms with van der Waals surface area (Å²) in [5.41, 5.74) is 2.67. The minimum absolute atomic E-state index is 0.206. The summed E-state index contributed by atoms with van der Waals surface area (Å²) >= 11 is 12.3. The fourth-order valence-corrected chi connectivity index (χ4v) is 3.33. The number of halogens is 2. The molecule has 2 aromatic carbocycles. The van der Waals surface area contributed by atoms with Crippen molar-refractivity contribution in [2.45, 2.75) is 13.0 Å². The van der Waals surface area contributed by atoms with Crippen LogP contribution in [0.4, 0.5) is 0 Å². The van der Waals surface area contributed by atoms with E-state index in [-0.39, 0.29) is 11.9 Å². The Labute approximate surface area is 155 Å². The average Bonchev–Trinajstić information content (AvgIpc) is 2.91. The number of rotatable bonds is 3. The second kappa shape index (κ2) is 6.79. The van der Waals surface area contributed by atoms with Crippen LogP contribution in [0.5, 0.6) is 0 Å². The van der Waals surface area contributed by atoms with Crippen molar-refractivity contribution in [3.05, 3.63) is 69.3 Å². The molecule has 0 fully saturated rings. The summed E-state index contributed by atoms with van der Waals surface area (Å²) < 4.78 is 1.81. The van der Waals surface area contributed by atoms with E-state index in [4.69, 9.17) is 28.5 Å². The minimum atomic E-state index is -0.297. The van der Waals surface area contributed by atoms with Crippen LogP contribution < -0.4 is 5.32 Å². The summed E-state index contributed by atoms with van der Waals surface area (Å²) in [4.78, 5) is 12.7. The maximum Gasteiger partial charge on any atom is 0.268 e. The fourth-order valence-electron chi connectivity index (χ4n) is 2.82. The first kappa shape index (κ1) is 17.3. The summed E-state index contributed by atoms with van der Waals surface area (Å²) in [5, 5.41) is 13.9. The quantitative estimate of drug-likeness (QED) is 0.715. The van der Waals surface area contributed by atoms with Gasteiger partial charge in [0.1, 0.15) is 5.69 Å². The van der Waals surface area contributed by atoms with Crippen molar-refractivity contribution < 1.29 is 4.79 Å². The molecule has 1 N–H and O–H groups in total. The number of nitriles is 1. The summed E-state index contributed by atoms with van der Waals surface area (Å²) in [7, 11) is 1.83. The number of benzene rings is 2. The van der Waals surface area contributed by atoms with Crippen LogP contribution in [0.2, 0.25) is 10.0 Å². The van der Waals surface area contributed by atoms with Crippen LogP contribution in [0.25, 0.3) is 10.9 Å². The molecule has 0 saturated heterocycles. The van der Waals surface area contributed by atoms with Crippen molar-refractivity contribution in [1.29, 1.82) is 5.26 Å². The Morgan fingerprint density at radius 3 is 2.64 bits per heavy atom. The monoisotopic (exact) mass is 371 g/mol. The standard InChI is InChI=1S/C19H15Cl2N3O/c1-11(15-6-3-12(10-22)7-16(15)21)23-19(25)18-8-13-4-5-14(20)9-17(13)24(18)2/h3-9,11H,1-2H3,(H,23,25). The number of nitrogens with zero attached hydrogens (tertiary/aromatic N) is 2. The van der Waals surface area contributed by atoms with Gasteiger partial charge in [-0.3, -0.25) is 4.79 Å². The van der Waals surface area contributed by atoms with Crippen LogP contribution in [0.1, 0.15) is 34.6 Å². The summed E-state index contributed by atoms with van der Waals surface area (Å²) in [6, 6.07) is 14.1. The largest absolute Gasteiger partial charge is 0.344 e. The van der Waals surface area contributed by atoms with Gasteiger partial charge in [-0.15, -0.1) is 0 Å². The van der Waals surface area contributed by atoms with Crippen LogP contribution in [0, 0.1) is 11.3 Å². The molecule has 0 saturated carbocycles. The molecule has 0 bridgehead atoms. The number of nitrogens with one attached hydrogen (secondary N) is 1. The lowest BCUT2D eigenvalue weighted by Gasteiger charge is -2.16. The van der Waals surface area contributed by atoms with Crippen LogP contribution in [0.3, 0.4) is 0 Å². The number of carbonyl (C=O) groups is 1. The van der Waals surface area contributed by atoms with Crippen LogP contribution >= 0.6 is 23.2 Å². The highest BCUT2D eigenvalue weighted by atomic mass is 35.5. The molecule has 25 heavy (non-hydrogen) atoms. The molecular weight excluding hydrogens is 357 g/mol. The lowest BCUT2D eigenvalue weighted by molar-refractivity contribution is 0.0932. The minimum Gasteiger partial charge on any atom is -0.344 e. The van der Waals surface area contributed by atoms with Gasteiger partial charge in [0.15, 0.2) is 0 Å². The zero-order valence-corrected chi connectivity index (χ0v) is 15.2. The first-order chi connectivity index (χ1) is 11.9. The molecule has 0 radical (unpaired) electrons. The third-order valence-electron chi connectivity index (χ3n) is 4.18. The van der Waals surface area contributed by atoms with E-state index in [2.05, 4.69) is 5.32 Å². The lowest BCUT2D eigenvalue weighted by Crippen LogP contribution is -2.28. The number of fused-ring (bicyclic) bond motifs is 1. The molecule has 1 amide bonds. The van der Waals surface area contributed by atoms with Gasteiger partial charge in [-0.2, -0.15) is 5.26 Å². The number of carbonyl (C=O) groups excluding carboxylic acids is 1. The average molecular weight is 372 g/mol. The van der Waals surface area contributed by atoms with Crippen molar-refractivity contribution in [3.8, 4) is 6.07 Å². The summed E-state index contributed by atoms with van der Waals surface area (Å²) in [5.74, 6) is -0.206. The molecule has 0 aliphatic rings.